The van der Waals surface area contributed by atoms with Crippen LogP contribution in [0, 0.1) is 6.92 Å². The molecule has 172 valence electrons. The Balaban J connectivity index is 1.14. The van der Waals surface area contributed by atoms with Crippen LogP contribution in [0.2, 0.25) is 0 Å². The summed E-state index contributed by atoms with van der Waals surface area (Å²) in [5.41, 5.74) is 2.97. The molecule has 7 nitrogen and oxygen atoms in total. The number of piperazine rings is 1. The molecule has 34 heavy (non-hydrogen) atoms. The summed E-state index contributed by atoms with van der Waals surface area (Å²) >= 11 is 0. The number of benzene rings is 3. The number of amides is 1. The lowest BCUT2D eigenvalue weighted by Crippen LogP contribution is -2.50. The van der Waals surface area contributed by atoms with E-state index in [4.69, 9.17) is 4.74 Å². The second-order valence-electron chi connectivity index (χ2n) is 8.32. The Labute approximate surface area is 199 Å². The first kappa shape index (κ1) is 21.7. The Kier molecular flexibility index (Phi) is 6.25. The SMILES string of the molecule is Cc1nnc(Nc2ccc(OCC(=O)N3CCN(c4ccccc4)CC3)cc2)c2ccccc12. The summed E-state index contributed by atoms with van der Waals surface area (Å²) in [6, 6.07) is 25.9. The van der Waals surface area contributed by atoms with Crippen molar-refractivity contribution in [2.45, 2.75) is 6.92 Å². The minimum Gasteiger partial charge on any atom is -0.484 e. The molecule has 2 heterocycles. The van der Waals surface area contributed by atoms with Gasteiger partial charge in [-0.05, 0) is 43.3 Å². The fraction of sp³-hybridized carbons (Fsp3) is 0.222. The second-order valence-corrected chi connectivity index (χ2v) is 8.32. The molecule has 1 N–H and O–H groups in total. The molecular formula is C27H27N5O2. The molecule has 5 rings (SSSR count). The fourth-order valence-corrected chi connectivity index (χ4v) is 4.19. The molecule has 4 aromatic rings. The number of aryl methyl sites for hydroxylation is 1. The van der Waals surface area contributed by atoms with Crippen LogP contribution in [0.1, 0.15) is 5.69 Å². The Morgan fingerprint density at radius 3 is 2.26 bits per heavy atom. The number of carbonyl (C=O) groups is 1. The molecule has 0 aliphatic carbocycles. The molecule has 0 radical (unpaired) electrons. The maximum absolute atomic E-state index is 12.6. The molecule has 1 saturated heterocycles. The van der Waals surface area contributed by atoms with Gasteiger partial charge in [0.05, 0.1) is 5.69 Å². The summed E-state index contributed by atoms with van der Waals surface area (Å²) in [5, 5.41) is 14.0. The normalized spacial score (nSPS) is 13.7. The van der Waals surface area contributed by atoms with Gasteiger partial charge in [-0.15, -0.1) is 5.10 Å². The van der Waals surface area contributed by atoms with E-state index in [0.29, 0.717) is 24.7 Å². The summed E-state index contributed by atoms with van der Waals surface area (Å²) in [5.74, 6) is 1.37. The first-order chi connectivity index (χ1) is 16.7. The molecule has 0 atom stereocenters. The van der Waals surface area contributed by atoms with Crippen LogP contribution >= 0.6 is 0 Å². The lowest BCUT2D eigenvalue weighted by molar-refractivity contribution is -0.133. The highest BCUT2D eigenvalue weighted by molar-refractivity contribution is 5.94. The smallest absolute Gasteiger partial charge is 0.260 e. The van der Waals surface area contributed by atoms with Gasteiger partial charge < -0.3 is 19.9 Å². The average Bonchev–Trinajstić information content (AvgIpc) is 2.90. The topological polar surface area (TPSA) is 70.6 Å². The zero-order valence-electron chi connectivity index (χ0n) is 19.1. The van der Waals surface area contributed by atoms with Crippen molar-refractivity contribution in [2.24, 2.45) is 0 Å². The molecular weight excluding hydrogens is 426 g/mol. The predicted molar refractivity (Wildman–Crippen MR) is 135 cm³/mol. The van der Waals surface area contributed by atoms with E-state index in [9.17, 15) is 4.79 Å². The Morgan fingerprint density at radius 2 is 1.53 bits per heavy atom. The van der Waals surface area contributed by atoms with Crippen molar-refractivity contribution >= 4 is 33.9 Å². The van der Waals surface area contributed by atoms with Gasteiger partial charge in [-0.1, -0.05) is 42.5 Å². The van der Waals surface area contributed by atoms with Gasteiger partial charge in [-0.25, -0.2) is 0 Å². The first-order valence-electron chi connectivity index (χ1n) is 11.5. The minimum absolute atomic E-state index is 0.0105. The number of aromatic nitrogens is 2. The van der Waals surface area contributed by atoms with Crippen LogP contribution < -0.4 is 15.0 Å². The van der Waals surface area contributed by atoms with Gasteiger partial charge in [0.2, 0.25) is 0 Å². The highest BCUT2D eigenvalue weighted by atomic mass is 16.5. The maximum Gasteiger partial charge on any atom is 0.260 e. The van der Waals surface area contributed by atoms with Gasteiger partial charge in [-0.3, -0.25) is 4.79 Å². The number of nitrogens with one attached hydrogen (secondary N) is 1. The molecule has 0 unspecified atom stereocenters. The molecule has 1 aromatic heterocycles. The molecule has 1 aliphatic heterocycles. The van der Waals surface area contributed by atoms with Gasteiger partial charge >= 0.3 is 0 Å². The van der Waals surface area contributed by atoms with Gasteiger partial charge in [0.15, 0.2) is 12.4 Å². The maximum atomic E-state index is 12.6. The molecule has 0 saturated carbocycles. The first-order valence-corrected chi connectivity index (χ1v) is 11.5. The van der Waals surface area contributed by atoms with Crippen LogP contribution in [0.5, 0.6) is 5.75 Å². The standard InChI is InChI=1S/C27H27N5O2/c1-20-24-9-5-6-10-25(24)27(30-29-20)28-21-11-13-23(14-12-21)34-19-26(33)32-17-15-31(16-18-32)22-7-3-2-4-8-22/h2-14H,15-19H2,1H3,(H,28,30). The summed E-state index contributed by atoms with van der Waals surface area (Å²) in [4.78, 5) is 16.8. The van der Waals surface area contributed by atoms with Gasteiger partial charge in [0.1, 0.15) is 5.75 Å². The third kappa shape index (κ3) is 4.78. The largest absolute Gasteiger partial charge is 0.484 e. The van der Waals surface area contributed by atoms with E-state index < -0.39 is 0 Å². The van der Waals surface area contributed by atoms with E-state index >= 15 is 0 Å². The highest BCUT2D eigenvalue weighted by Gasteiger charge is 2.21. The van der Waals surface area contributed by atoms with Crippen LogP contribution in [0.3, 0.4) is 0 Å². The number of anilines is 3. The van der Waals surface area contributed by atoms with Gasteiger partial charge in [-0.2, -0.15) is 5.10 Å². The van der Waals surface area contributed by atoms with E-state index in [1.54, 1.807) is 0 Å². The second kappa shape index (κ2) is 9.79. The van der Waals surface area contributed by atoms with E-state index in [2.05, 4.69) is 32.5 Å². The van der Waals surface area contributed by atoms with E-state index in [1.165, 1.54) is 5.69 Å². The molecule has 0 bridgehead atoms. The summed E-state index contributed by atoms with van der Waals surface area (Å²) in [6.45, 7) is 5.04. The zero-order valence-corrected chi connectivity index (χ0v) is 19.1. The summed E-state index contributed by atoms with van der Waals surface area (Å²) in [7, 11) is 0. The molecule has 7 heteroatoms. The summed E-state index contributed by atoms with van der Waals surface area (Å²) in [6.07, 6.45) is 0. The minimum atomic E-state index is 0.0105. The number of rotatable bonds is 6. The molecule has 1 amide bonds. The quantitative estimate of drug-likeness (QED) is 0.466. The number of para-hydroxylation sites is 1. The monoisotopic (exact) mass is 453 g/mol. The Hall–Kier alpha value is -4.13. The van der Waals surface area contributed by atoms with Crippen molar-refractivity contribution in [3.63, 3.8) is 0 Å². The predicted octanol–water partition coefficient (Wildman–Crippen LogP) is 4.41. The number of hydrogen-bond donors (Lipinski definition) is 1. The van der Waals surface area contributed by atoms with Crippen LogP contribution in [-0.4, -0.2) is 53.8 Å². The van der Waals surface area contributed by atoms with Crippen LogP contribution in [0.15, 0.2) is 78.9 Å². The van der Waals surface area contributed by atoms with Crippen LogP contribution in [-0.2, 0) is 4.79 Å². The Bertz CT molecular complexity index is 1270. The van der Waals surface area contributed by atoms with Crippen molar-refractivity contribution in [3.05, 3.63) is 84.6 Å². The van der Waals surface area contributed by atoms with Crippen LogP contribution in [0.4, 0.5) is 17.2 Å². The van der Waals surface area contributed by atoms with Gasteiger partial charge in [0.25, 0.3) is 5.91 Å². The Morgan fingerprint density at radius 1 is 0.853 bits per heavy atom. The lowest BCUT2D eigenvalue weighted by Gasteiger charge is -2.36. The van der Waals surface area contributed by atoms with Crippen molar-refractivity contribution in [1.29, 1.82) is 0 Å². The zero-order chi connectivity index (χ0) is 23.3. The third-order valence-electron chi connectivity index (χ3n) is 6.11. The van der Waals surface area contributed by atoms with Crippen molar-refractivity contribution in [2.75, 3.05) is 43.0 Å². The molecule has 3 aromatic carbocycles. The fourth-order valence-electron chi connectivity index (χ4n) is 4.19. The van der Waals surface area contributed by atoms with E-state index in [1.807, 2.05) is 78.6 Å². The van der Waals surface area contributed by atoms with Gasteiger partial charge in [0, 0.05) is 48.3 Å². The van der Waals surface area contributed by atoms with Crippen molar-refractivity contribution in [1.82, 2.24) is 15.1 Å². The summed E-state index contributed by atoms with van der Waals surface area (Å²) < 4.78 is 5.76. The molecule has 1 aliphatic rings. The average molecular weight is 454 g/mol. The van der Waals surface area contributed by atoms with Crippen LogP contribution in [0.25, 0.3) is 10.8 Å². The third-order valence-corrected chi connectivity index (χ3v) is 6.11. The number of nitrogens with zero attached hydrogens (tertiary/aromatic N) is 4. The highest BCUT2D eigenvalue weighted by Crippen LogP contribution is 2.26. The van der Waals surface area contributed by atoms with E-state index in [0.717, 1.165) is 35.2 Å². The molecule has 1 fully saturated rings. The lowest BCUT2D eigenvalue weighted by atomic mass is 10.1. The van der Waals surface area contributed by atoms with Crippen molar-refractivity contribution in [3.8, 4) is 5.75 Å². The number of ether oxygens (including phenoxy) is 1. The number of fused-ring (bicyclic) bond motifs is 1. The van der Waals surface area contributed by atoms with Crippen molar-refractivity contribution < 1.29 is 9.53 Å². The number of carbonyl (C=O) groups excluding carboxylic acids is 1. The van der Waals surface area contributed by atoms with E-state index in [-0.39, 0.29) is 12.5 Å². The number of hydrogen-bond acceptors (Lipinski definition) is 6. The molecule has 0 spiro atoms.